The highest BCUT2D eigenvalue weighted by Gasteiger charge is 2.52. The molecule has 0 bridgehead atoms. The number of hydrogen-bond donors (Lipinski definition) is 0. The molecular weight excluding hydrogens is 841 g/mol. The second-order valence-electron chi connectivity index (χ2n) is 18.2. The third-order valence-electron chi connectivity index (χ3n) is 14.7. The second-order valence-corrected chi connectivity index (χ2v) is 18.2. The molecule has 2 aliphatic carbocycles. The molecule has 0 radical (unpaired) electrons. The molecule has 69 heavy (non-hydrogen) atoms. The van der Waals surface area contributed by atoms with Crippen LogP contribution in [0.1, 0.15) is 22.3 Å². The van der Waals surface area contributed by atoms with Crippen molar-refractivity contribution in [1.82, 2.24) is 19.5 Å². The van der Waals surface area contributed by atoms with Gasteiger partial charge in [-0.3, -0.25) is 0 Å². The smallest absolute Gasteiger partial charge is 0.164 e. The number of benzene rings is 10. The first kappa shape index (κ1) is 38.0. The molecule has 2 aliphatic rings. The summed E-state index contributed by atoms with van der Waals surface area (Å²) in [6, 6.07) is 82.6. The fourth-order valence-corrected chi connectivity index (χ4v) is 11.8. The molecule has 13 aromatic rings. The van der Waals surface area contributed by atoms with Crippen molar-refractivity contribution < 1.29 is 4.42 Å². The zero-order valence-corrected chi connectivity index (χ0v) is 37.1. The van der Waals surface area contributed by atoms with E-state index in [1.54, 1.807) is 0 Å². The molecule has 0 saturated heterocycles. The Morgan fingerprint density at radius 1 is 0.333 bits per heavy atom. The van der Waals surface area contributed by atoms with Crippen molar-refractivity contribution in [3.05, 3.63) is 253 Å². The van der Waals surface area contributed by atoms with E-state index in [0.717, 1.165) is 61.0 Å². The highest BCUT2D eigenvalue weighted by molar-refractivity contribution is 6.17. The number of para-hydroxylation sites is 1. The van der Waals surface area contributed by atoms with Gasteiger partial charge >= 0.3 is 0 Å². The second kappa shape index (κ2) is 14.4. The molecule has 10 aromatic carbocycles. The van der Waals surface area contributed by atoms with Crippen LogP contribution in [0.25, 0.3) is 117 Å². The SMILES string of the molecule is c1ccc(-c2ccc3c(c2)oc2cc(-c4nc(-c5ccccc5)nc(-c5cccc(-n6c7ccccc7c7ccc8c(c76)-c6ccccc6C86c7ccccc7-c7ccccc76)c5)n4)ccc23)cc1. The summed E-state index contributed by atoms with van der Waals surface area (Å²) < 4.78 is 9.05. The van der Waals surface area contributed by atoms with Crippen LogP contribution in [0.4, 0.5) is 0 Å². The summed E-state index contributed by atoms with van der Waals surface area (Å²) in [7, 11) is 0. The lowest BCUT2D eigenvalue weighted by atomic mass is 9.70. The van der Waals surface area contributed by atoms with Crippen LogP contribution in [-0.4, -0.2) is 19.5 Å². The zero-order chi connectivity index (χ0) is 45.2. The summed E-state index contributed by atoms with van der Waals surface area (Å²) in [4.78, 5) is 15.6. The largest absolute Gasteiger partial charge is 0.456 e. The standard InChI is InChI=1S/C64H38N4O/c1-3-16-39(17-4-1)41-30-32-48-49-33-31-43(38-58(49)69-57(48)37-41)63-66-61(40-18-5-2-6-19-40)65-62(67-63)42-20-15-21-44(36-42)68-56-29-14-10-24-47(56)50-34-35-55-59(60(50)68)51-25-9-13-28-54(51)64(55)52-26-11-7-22-45(52)46-23-8-12-27-53(46)64/h1-38H. The van der Waals surface area contributed by atoms with Gasteiger partial charge in [-0.15, -0.1) is 0 Å². The van der Waals surface area contributed by atoms with Crippen LogP contribution >= 0.6 is 0 Å². The van der Waals surface area contributed by atoms with E-state index in [9.17, 15) is 0 Å². The van der Waals surface area contributed by atoms with Crippen LogP contribution in [0.15, 0.2) is 235 Å². The maximum atomic E-state index is 6.58. The molecule has 0 aliphatic heterocycles. The Morgan fingerprint density at radius 2 is 0.841 bits per heavy atom. The summed E-state index contributed by atoms with van der Waals surface area (Å²) in [5.41, 5.74) is 19.9. The van der Waals surface area contributed by atoms with E-state index in [0.29, 0.717) is 17.5 Å². The number of furan rings is 1. The van der Waals surface area contributed by atoms with Gasteiger partial charge in [0.25, 0.3) is 0 Å². The molecular formula is C64H38N4O. The summed E-state index contributed by atoms with van der Waals surface area (Å²) in [6.45, 7) is 0. The Labute approximate surface area is 397 Å². The minimum atomic E-state index is -0.456. The third-order valence-corrected chi connectivity index (χ3v) is 14.7. The molecule has 5 heteroatoms. The lowest BCUT2D eigenvalue weighted by Crippen LogP contribution is -2.25. The van der Waals surface area contributed by atoms with Crippen molar-refractivity contribution in [1.29, 1.82) is 0 Å². The molecule has 0 N–H and O–H groups in total. The molecule has 5 nitrogen and oxygen atoms in total. The molecule has 0 atom stereocenters. The van der Waals surface area contributed by atoms with Gasteiger partial charge in [0, 0.05) is 49.5 Å². The van der Waals surface area contributed by atoms with Crippen LogP contribution in [0.2, 0.25) is 0 Å². The van der Waals surface area contributed by atoms with Crippen LogP contribution in [-0.2, 0) is 5.41 Å². The van der Waals surface area contributed by atoms with Crippen molar-refractivity contribution in [2.45, 2.75) is 5.41 Å². The minimum absolute atomic E-state index is 0.456. The number of nitrogens with zero attached hydrogens (tertiary/aromatic N) is 4. The van der Waals surface area contributed by atoms with E-state index >= 15 is 0 Å². The number of aromatic nitrogens is 4. The predicted molar refractivity (Wildman–Crippen MR) is 279 cm³/mol. The summed E-state index contributed by atoms with van der Waals surface area (Å²) >= 11 is 0. The van der Waals surface area contributed by atoms with Gasteiger partial charge in [-0.1, -0.05) is 188 Å². The topological polar surface area (TPSA) is 56.7 Å². The van der Waals surface area contributed by atoms with E-state index in [-0.39, 0.29) is 0 Å². The monoisotopic (exact) mass is 878 g/mol. The first-order valence-electron chi connectivity index (χ1n) is 23.5. The Morgan fingerprint density at radius 3 is 1.54 bits per heavy atom. The zero-order valence-electron chi connectivity index (χ0n) is 37.1. The van der Waals surface area contributed by atoms with Gasteiger partial charge in [0.05, 0.1) is 16.4 Å². The summed E-state index contributed by atoms with van der Waals surface area (Å²) in [6.07, 6.45) is 0. The molecule has 15 rings (SSSR count). The van der Waals surface area contributed by atoms with E-state index in [1.165, 1.54) is 60.8 Å². The maximum Gasteiger partial charge on any atom is 0.164 e. The molecule has 320 valence electrons. The summed E-state index contributed by atoms with van der Waals surface area (Å²) in [5.74, 6) is 1.77. The Kier molecular flexibility index (Phi) is 7.93. The van der Waals surface area contributed by atoms with Gasteiger partial charge < -0.3 is 8.98 Å². The molecule has 3 aromatic heterocycles. The van der Waals surface area contributed by atoms with Crippen molar-refractivity contribution in [2.24, 2.45) is 0 Å². The Bertz CT molecular complexity index is 4210. The van der Waals surface area contributed by atoms with Crippen molar-refractivity contribution >= 4 is 43.7 Å². The fourth-order valence-electron chi connectivity index (χ4n) is 11.8. The van der Waals surface area contributed by atoms with E-state index in [4.69, 9.17) is 19.4 Å². The average Bonchev–Trinajstić information content (AvgIpc) is 4.14. The number of fused-ring (bicyclic) bond motifs is 17. The van der Waals surface area contributed by atoms with Gasteiger partial charge in [-0.2, -0.15) is 0 Å². The van der Waals surface area contributed by atoms with Crippen LogP contribution < -0.4 is 0 Å². The van der Waals surface area contributed by atoms with Crippen molar-refractivity contribution in [3.63, 3.8) is 0 Å². The van der Waals surface area contributed by atoms with Crippen molar-refractivity contribution in [3.8, 4) is 73.2 Å². The first-order chi connectivity index (χ1) is 34.2. The highest BCUT2D eigenvalue weighted by atomic mass is 16.3. The molecule has 1 spiro atoms. The minimum Gasteiger partial charge on any atom is -0.456 e. The van der Waals surface area contributed by atoms with E-state index in [2.05, 4.69) is 211 Å². The molecule has 3 heterocycles. The lowest BCUT2D eigenvalue weighted by molar-refractivity contribution is 0.669. The van der Waals surface area contributed by atoms with Gasteiger partial charge in [0.1, 0.15) is 11.2 Å². The van der Waals surface area contributed by atoms with E-state index in [1.807, 2.05) is 24.3 Å². The third kappa shape index (κ3) is 5.38. The van der Waals surface area contributed by atoms with E-state index < -0.39 is 5.41 Å². The maximum absolute atomic E-state index is 6.58. The molecule has 0 fully saturated rings. The predicted octanol–water partition coefficient (Wildman–Crippen LogP) is 15.9. The fraction of sp³-hybridized carbons (Fsp3) is 0.0156. The molecule has 0 amide bonds. The van der Waals surface area contributed by atoms with Gasteiger partial charge in [-0.25, -0.2) is 15.0 Å². The van der Waals surface area contributed by atoms with Crippen LogP contribution in [0.3, 0.4) is 0 Å². The molecule has 0 saturated carbocycles. The number of hydrogen-bond acceptors (Lipinski definition) is 4. The van der Waals surface area contributed by atoms with Gasteiger partial charge in [-0.05, 0) is 92.5 Å². The lowest BCUT2D eigenvalue weighted by Gasteiger charge is -2.30. The van der Waals surface area contributed by atoms with Crippen LogP contribution in [0, 0.1) is 0 Å². The molecule has 0 unspecified atom stereocenters. The van der Waals surface area contributed by atoms with Crippen molar-refractivity contribution in [2.75, 3.05) is 0 Å². The number of rotatable bonds is 5. The normalized spacial score (nSPS) is 13.0. The average molecular weight is 879 g/mol. The summed E-state index contributed by atoms with van der Waals surface area (Å²) in [5, 5.41) is 4.54. The van der Waals surface area contributed by atoms with Crippen LogP contribution in [0.5, 0.6) is 0 Å². The first-order valence-corrected chi connectivity index (χ1v) is 23.5. The highest BCUT2D eigenvalue weighted by Crippen LogP contribution is 2.64. The van der Waals surface area contributed by atoms with Gasteiger partial charge in [0.2, 0.25) is 0 Å². The Balaban J connectivity index is 0.927. The quantitative estimate of drug-likeness (QED) is 0.173. The Hall–Kier alpha value is -9.19. The van der Waals surface area contributed by atoms with Gasteiger partial charge in [0.15, 0.2) is 17.5 Å².